The minimum absolute atomic E-state index is 0.0457. The fourth-order valence-electron chi connectivity index (χ4n) is 2.79. The Morgan fingerprint density at radius 3 is 2.76 bits per heavy atom. The number of fused-ring (bicyclic) bond motifs is 1. The SMILES string of the molecule is O=S(=O)(NC1CCCCC1Br)c1cccc2ncccc12. The summed E-state index contributed by atoms with van der Waals surface area (Å²) in [7, 11) is -3.54. The van der Waals surface area contributed by atoms with E-state index in [1.807, 2.05) is 6.07 Å². The lowest BCUT2D eigenvalue weighted by Crippen LogP contribution is -2.42. The Kier molecular flexibility index (Phi) is 4.28. The standard InChI is InChI=1S/C15H17BrN2O2S/c16-12-6-1-2-7-14(12)18-21(19,20)15-9-3-8-13-11(15)5-4-10-17-13/h3-5,8-10,12,14,18H,1-2,6-7H2. The quantitative estimate of drug-likeness (QED) is 0.846. The molecular formula is C15H17BrN2O2S. The van der Waals surface area contributed by atoms with E-state index < -0.39 is 10.0 Å². The summed E-state index contributed by atoms with van der Waals surface area (Å²) < 4.78 is 28.3. The largest absolute Gasteiger partial charge is 0.256 e. The highest BCUT2D eigenvalue weighted by Crippen LogP contribution is 2.27. The van der Waals surface area contributed by atoms with E-state index in [2.05, 4.69) is 25.6 Å². The van der Waals surface area contributed by atoms with Gasteiger partial charge in [-0.3, -0.25) is 4.98 Å². The summed E-state index contributed by atoms with van der Waals surface area (Å²) in [4.78, 5) is 4.72. The van der Waals surface area contributed by atoms with Crippen LogP contribution in [0.2, 0.25) is 0 Å². The van der Waals surface area contributed by atoms with Crippen LogP contribution >= 0.6 is 15.9 Å². The van der Waals surface area contributed by atoms with E-state index in [9.17, 15) is 8.42 Å². The Balaban J connectivity index is 1.97. The summed E-state index contributed by atoms with van der Waals surface area (Å²) in [5, 5.41) is 0.662. The zero-order valence-electron chi connectivity index (χ0n) is 11.5. The van der Waals surface area contributed by atoms with Crippen molar-refractivity contribution in [1.29, 1.82) is 0 Å². The molecular weight excluding hydrogens is 352 g/mol. The van der Waals surface area contributed by atoms with Crippen LogP contribution < -0.4 is 4.72 Å². The lowest BCUT2D eigenvalue weighted by molar-refractivity contribution is 0.427. The number of pyridine rings is 1. The Bertz CT molecular complexity index is 743. The van der Waals surface area contributed by atoms with Crippen molar-refractivity contribution < 1.29 is 8.42 Å². The summed E-state index contributed by atoms with van der Waals surface area (Å²) in [6, 6.07) is 8.70. The molecule has 2 aromatic rings. The lowest BCUT2D eigenvalue weighted by Gasteiger charge is -2.28. The number of rotatable bonds is 3. The molecule has 112 valence electrons. The second-order valence-corrected chi connectivity index (χ2v) is 8.21. The predicted octanol–water partition coefficient (Wildman–Crippen LogP) is 3.22. The number of halogens is 1. The number of sulfonamides is 1. The van der Waals surface area contributed by atoms with E-state index in [4.69, 9.17) is 0 Å². The molecule has 1 heterocycles. The number of nitrogens with zero attached hydrogens (tertiary/aromatic N) is 1. The maximum Gasteiger partial charge on any atom is 0.241 e. The second kappa shape index (κ2) is 6.02. The number of nitrogens with one attached hydrogen (secondary N) is 1. The highest BCUT2D eigenvalue weighted by molar-refractivity contribution is 9.09. The maximum absolute atomic E-state index is 12.7. The van der Waals surface area contributed by atoms with Crippen LogP contribution in [-0.2, 0) is 10.0 Å². The normalized spacial score (nSPS) is 23.3. The Labute approximate surface area is 133 Å². The van der Waals surface area contributed by atoms with Crippen molar-refractivity contribution in [3.8, 4) is 0 Å². The van der Waals surface area contributed by atoms with Crippen molar-refractivity contribution in [2.24, 2.45) is 0 Å². The van der Waals surface area contributed by atoms with Crippen molar-refractivity contribution in [2.75, 3.05) is 0 Å². The molecule has 21 heavy (non-hydrogen) atoms. The third-order valence-electron chi connectivity index (χ3n) is 3.88. The van der Waals surface area contributed by atoms with Crippen LogP contribution in [0.5, 0.6) is 0 Å². The van der Waals surface area contributed by atoms with E-state index in [0.717, 1.165) is 25.7 Å². The molecule has 1 aromatic heterocycles. The predicted molar refractivity (Wildman–Crippen MR) is 87.0 cm³/mol. The van der Waals surface area contributed by atoms with Crippen LogP contribution in [0.25, 0.3) is 10.9 Å². The van der Waals surface area contributed by atoms with Gasteiger partial charge in [0.25, 0.3) is 0 Å². The van der Waals surface area contributed by atoms with E-state index in [1.54, 1.807) is 30.5 Å². The third kappa shape index (κ3) is 3.12. The van der Waals surface area contributed by atoms with Gasteiger partial charge < -0.3 is 0 Å². The highest BCUT2D eigenvalue weighted by atomic mass is 79.9. The monoisotopic (exact) mass is 368 g/mol. The van der Waals surface area contributed by atoms with Gasteiger partial charge in [-0.2, -0.15) is 0 Å². The zero-order valence-corrected chi connectivity index (χ0v) is 13.9. The Morgan fingerprint density at radius 2 is 1.95 bits per heavy atom. The van der Waals surface area contributed by atoms with Gasteiger partial charge in [-0.15, -0.1) is 0 Å². The Hall–Kier alpha value is -0.980. The van der Waals surface area contributed by atoms with Gasteiger partial charge in [0.2, 0.25) is 10.0 Å². The first kappa shape index (κ1) is 14.9. The maximum atomic E-state index is 12.7. The molecule has 1 aliphatic carbocycles. The molecule has 1 N–H and O–H groups in total. The summed E-state index contributed by atoms with van der Waals surface area (Å²) in [6.45, 7) is 0. The van der Waals surface area contributed by atoms with Crippen LogP contribution in [0.15, 0.2) is 41.4 Å². The number of hydrogen-bond donors (Lipinski definition) is 1. The first-order valence-electron chi connectivity index (χ1n) is 7.08. The van der Waals surface area contributed by atoms with Gasteiger partial charge in [-0.25, -0.2) is 13.1 Å². The molecule has 0 radical (unpaired) electrons. The number of aromatic nitrogens is 1. The summed E-state index contributed by atoms with van der Waals surface area (Å²) >= 11 is 3.59. The average molecular weight is 369 g/mol. The minimum Gasteiger partial charge on any atom is -0.256 e. The highest BCUT2D eigenvalue weighted by Gasteiger charge is 2.28. The van der Waals surface area contributed by atoms with Gasteiger partial charge in [0.15, 0.2) is 0 Å². The molecule has 6 heteroatoms. The van der Waals surface area contributed by atoms with Gasteiger partial charge >= 0.3 is 0 Å². The molecule has 0 amide bonds. The fraction of sp³-hybridized carbons (Fsp3) is 0.400. The van der Waals surface area contributed by atoms with Crippen molar-refractivity contribution in [2.45, 2.75) is 41.4 Å². The van der Waals surface area contributed by atoms with Crippen LogP contribution in [0.3, 0.4) is 0 Å². The number of alkyl halides is 1. The molecule has 2 atom stereocenters. The molecule has 1 saturated carbocycles. The smallest absolute Gasteiger partial charge is 0.241 e. The topological polar surface area (TPSA) is 59.1 Å². The first-order chi connectivity index (χ1) is 10.1. The molecule has 0 aliphatic heterocycles. The molecule has 3 rings (SSSR count). The van der Waals surface area contributed by atoms with E-state index in [1.165, 1.54) is 0 Å². The molecule has 0 saturated heterocycles. The molecule has 0 spiro atoms. The summed E-state index contributed by atoms with van der Waals surface area (Å²) in [6.07, 6.45) is 5.75. The van der Waals surface area contributed by atoms with E-state index in [0.29, 0.717) is 15.8 Å². The minimum atomic E-state index is -3.54. The molecule has 1 fully saturated rings. The second-order valence-electron chi connectivity index (χ2n) is 5.35. The van der Waals surface area contributed by atoms with Crippen molar-refractivity contribution in [3.63, 3.8) is 0 Å². The number of hydrogen-bond acceptors (Lipinski definition) is 3. The van der Waals surface area contributed by atoms with Crippen LogP contribution in [-0.4, -0.2) is 24.3 Å². The molecule has 1 aliphatic rings. The van der Waals surface area contributed by atoms with Crippen molar-refractivity contribution in [3.05, 3.63) is 36.5 Å². The average Bonchev–Trinajstić information content (AvgIpc) is 2.49. The molecule has 1 aromatic carbocycles. The fourth-order valence-corrected chi connectivity index (χ4v) is 5.21. The van der Waals surface area contributed by atoms with Gasteiger partial charge in [0, 0.05) is 22.5 Å². The van der Waals surface area contributed by atoms with Gasteiger partial charge in [0.05, 0.1) is 10.4 Å². The Morgan fingerprint density at radius 1 is 1.14 bits per heavy atom. The van der Waals surface area contributed by atoms with Gasteiger partial charge in [-0.05, 0) is 37.1 Å². The van der Waals surface area contributed by atoms with Crippen LogP contribution in [0, 0.1) is 0 Å². The molecule has 2 unspecified atom stereocenters. The van der Waals surface area contributed by atoms with Gasteiger partial charge in [-0.1, -0.05) is 34.8 Å². The van der Waals surface area contributed by atoms with Crippen LogP contribution in [0.1, 0.15) is 25.7 Å². The van der Waals surface area contributed by atoms with E-state index >= 15 is 0 Å². The first-order valence-corrected chi connectivity index (χ1v) is 9.48. The molecule has 0 bridgehead atoms. The number of benzene rings is 1. The molecule has 4 nitrogen and oxygen atoms in total. The summed E-state index contributed by atoms with van der Waals surface area (Å²) in [5.74, 6) is 0. The van der Waals surface area contributed by atoms with Crippen molar-refractivity contribution in [1.82, 2.24) is 9.71 Å². The lowest BCUT2D eigenvalue weighted by atomic mass is 9.96. The summed E-state index contributed by atoms with van der Waals surface area (Å²) in [5.41, 5.74) is 0.694. The third-order valence-corrected chi connectivity index (χ3v) is 6.53. The van der Waals surface area contributed by atoms with Crippen LogP contribution in [0.4, 0.5) is 0 Å². The van der Waals surface area contributed by atoms with E-state index in [-0.39, 0.29) is 10.9 Å². The van der Waals surface area contributed by atoms with Crippen molar-refractivity contribution >= 4 is 36.9 Å². The van der Waals surface area contributed by atoms with Gasteiger partial charge in [0.1, 0.15) is 0 Å². The zero-order chi connectivity index (χ0) is 14.9.